The Kier molecular flexibility index (Phi) is 3.97. The third-order valence-electron chi connectivity index (χ3n) is 7.46. The summed E-state index contributed by atoms with van der Waals surface area (Å²) in [7, 11) is 0. The van der Waals surface area contributed by atoms with Gasteiger partial charge in [0.2, 0.25) is 0 Å². The van der Waals surface area contributed by atoms with Gasteiger partial charge in [-0.1, -0.05) is 54.6 Å². The highest BCUT2D eigenvalue weighted by molar-refractivity contribution is 6.17. The number of hydrogen-bond acceptors (Lipinski definition) is 2. The van der Waals surface area contributed by atoms with Crippen molar-refractivity contribution >= 4 is 64.6 Å². The van der Waals surface area contributed by atoms with E-state index in [1.54, 1.807) is 6.20 Å². The molecule has 7 aromatic carbocycles. The number of fused-ring (bicyclic) bond motifs is 7. The molecule has 0 saturated carbocycles. The van der Waals surface area contributed by atoms with Crippen LogP contribution >= 0.6 is 0 Å². The van der Waals surface area contributed by atoms with Crippen LogP contribution in [0.15, 0.2) is 121 Å². The highest BCUT2D eigenvalue weighted by Gasteiger charge is 2.10. The second kappa shape index (κ2) is 7.34. The standard InChI is InChI=1S/C34H20N2/c1-2-6-22-14-28-18-32-24(16-26(28)13-21(22)5-1)10-11-25-17-27-15-23-7-3-8-30(34-9-4-12-35-36-34)31(23)19-29(27)20-33(25)32/h1-20H. The SMILES string of the molecule is c1cnnc(-c2cccc3cc4cc5ccc6cc7cc8ccccc8cc7cc6c5cc4cc23)c1. The molecule has 1 heterocycles. The van der Waals surface area contributed by atoms with Gasteiger partial charge in [-0.15, -0.1) is 0 Å². The van der Waals surface area contributed by atoms with E-state index in [0.29, 0.717) is 0 Å². The van der Waals surface area contributed by atoms with Crippen LogP contribution < -0.4 is 0 Å². The molecule has 0 atom stereocenters. The topological polar surface area (TPSA) is 25.8 Å². The summed E-state index contributed by atoms with van der Waals surface area (Å²) >= 11 is 0. The quantitative estimate of drug-likeness (QED) is 0.182. The van der Waals surface area contributed by atoms with E-state index >= 15 is 0 Å². The summed E-state index contributed by atoms with van der Waals surface area (Å²) in [6.07, 6.45) is 1.72. The van der Waals surface area contributed by atoms with Crippen LogP contribution in [0.25, 0.3) is 75.9 Å². The van der Waals surface area contributed by atoms with Gasteiger partial charge in [0, 0.05) is 11.8 Å². The summed E-state index contributed by atoms with van der Waals surface area (Å²) in [5.74, 6) is 0. The molecule has 0 radical (unpaired) electrons. The summed E-state index contributed by atoms with van der Waals surface area (Å²) in [6, 6.07) is 42.0. The summed E-state index contributed by atoms with van der Waals surface area (Å²) in [4.78, 5) is 0. The van der Waals surface area contributed by atoms with E-state index in [1.165, 1.54) is 64.6 Å². The van der Waals surface area contributed by atoms with Gasteiger partial charge in [0.25, 0.3) is 0 Å². The van der Waals surface area contributed by atoms with Crippen LogP contribution in [-0.4, -0.2) is 10.2 Å². The first-order chi connectivity index (χ1) is 17.8. The van der Waals surface area contributed by atoms with Gasteiger partial charge >= 0.3 is 0 Å². The Morgan fingerprint density at radius 2 is 0.889 bits per heavy atom. The van der Waals surface area contributed by atoms with E-state index in [2.05, 4.69) is 113 Å². The van der Waals surface area contributed by atoms with Gasteiger partial charge in [-0.3, -0.25) is 0 Å². The Balaban J connectivity index is 1.43. The highest BCUT2D eigenvalue weighted by Crippen LogP contribution is 2.36. The highest BCUT2D eigenvalue weighted by atomic mass is 15.1. The molecule has 36 heavy (non-hydrogen) atoms. The summed E-state index contributed by atoms with van der Waals surface area (Å²) < 4.78 is 0. The molecule has 0 unspecified atom stereocenters. The van der Waals surface area contributed by atoms with Crippen LogP contribution in [-0.2, 0) is 0 Å². The van der Waals surface area contributed by atoms with Crippen LogP contribution in [0.1, 0.15) is 0 Å². The number of nitrogens with zero attached hydrogens (tertiary/aromatic N) is 2. The molecule has 0 bridgehead atoms. The zero-order valence-corrected chi connectivity index (χ0v) is 19.4. The summed E-state index contributed by atoms with van der Waals surface area (Å²) in [6.45, 7) is 0. The lowest BCUT2D eigenvalue weighted by atomic mass is 9.93. The monoisotopic (exact) mass is 456 g/mol. The first-order valence-corrected chi connectivity index (χ1v) is 12.2. The number of benzene rings is 7. The Bertz CT molecular complexity index is 2140. The molecule has 0 aliphatic heterocycles. The molecule has 0 aliphatic rings. The molecule has 8 rings (SSSR count). The lowest BCUT2D eigenvalue weighted by molar-refractivity contribution is 1.04. The molecule has 8 aromatic rings. The van der Waals surface area contributed by atoms with Crippen LogP contribution in [0.5, 0.6) is 0 Å². The lowest BCUT2D eigenvalue weighted by Gasteiger charge is -2.11. The third kappa shape index (κ3) is 2.91. The van der Waals surface area contributed by atoms with E-state index in [9.17, 15) is 0 Å². The zero-order chi connectivity index (χ0) is 23.6. The molecule has 1 aromatic heterocycles. The van der Waals surface area contributed by atoms with E-state index in [0.717, 1.165) is 11.3 Å². The third-order valence-corrected chi connectivity index (χ3v) is 7.46. The zero-order valence-electron chi connectivity index (χ0n) is 19.4. The fourth-order valence-electron chi connectivity index (χ4n) is 5.69. The van der Waals surface area contributed by atoms with Gasteiger partial charge in [0.05, 0.1) is 5.69 Å². The largest absolute Gasteiger partial charge is 0.159 e. The molecule has 2 nitrogen and oxygen atoms in total. The van der Waals surface area contributed by atoms with Crippen molar-refractivity contribution in [2.75, 3.05) is 0 Å². The first-order valence-electron chi connectivity index (χ1n) is 12.2. The first kappa shape index (κ1) is 19.5. The van der Waals surface area contributed by atoms with Crippen molar-refractivity contribution in [3.63, 3.8) is 0 Å². The predicted molar refractivity (Wildman–Crippen MR) is 153 cm³/mol. The molecule has 0 N–H and O–H groups in total. The minimum atomic E-state index is 0.896. The van der Waals surface area contributed by atoms with Gasteiger partial charge in [-0.2, -0.15) is 10.2 Å². The summed E-state index contributed by atoms with van der Waals surface area (Å²) in [5, 5.41) is 23.6. The lowest BCUT2D eigenvalue weighted by Crippen LogP contribution is -1.88. The van der Waals surface area contributed by atoms with Crippen LogP contribution in [0, 0.1) is 0 Å². The Morgan fingerprint density at radius 3 is 1.53 bits per heavy atom. The van der Waals surface area contributed by atoms with Gasteiger partial charge in [0.15, 0.2) is 0 Å². The second-order valence-electron chi connectivity index (χ2n) is 9.59. The Morgan fingerprint density at radius 1 is 0.361 bits per heavy atom. The number of aromatic nitrogens is 2. The van der Waals surface area contributed by atoms with Crippen molar-refractivity contribution in [2.45, 2.75) is 0 Å². The van der Waals surface area contributed by atoms with E-state index in [4.69, 9.17) is 0 Å². The molecule has 2 heteroatoms. The fourth-order valence-corrected chi connectivity index (χ4v) is 5.69. The summed E-state index contributed by atoms with van der Waals surface area (Å²) in [5.41, 5.74) is 2.01. The van der Waals surface area contributed by atoms with Crippen molar-refractivity contribution in [1.82, 2.24) is 10.2 Å². The molecular formula is C34H20N2. The molecule has 0 amide bonds. The van der Waals surface area contributed by atoms with Crippen molar-refractivity contribution in [1.29, 1.82) is 0 Å². The van der Waals surface area contributed by atoms with Gasteiger partial charge in [-0.25, -0.2) is 0 Å². The maximum absolute atomic E-state index is 4.37. The van der Waals surface area contributed by atoms with Gasteiger partial charge < -0.3 is 0 Å². The van der Waals surface area contributed by atoms with Crippen molar-refractivity contribution in [3.05, 3.63) is 121 Å². The average molecular weight is 457 g/mol. The number of rotatable bonds is 1. The molecule has 0 aliphatic carbocycles. The van der Waals surface area contributed by atoms with Crippen molar-refractivity contribution < 1.29 is 0 Å². The average Bonchev–Trinajstić information content (AvgIpc) is 2.93. The van der Waals surface area contributed by atoms with Crippen LogP contribution in [0.3, 0.4) is 0 Å². The maximum Gasteiger partial charge on any atom is 0.0935 e. The molecular weight excluding hydrogens is 436 g/mol. The molecule has 166 valence electrons. The Hall–Kier alpha value is -4.82. The van der Waals surface area contributed by atoms with Crippen molar-refractivity contribution in [2.24, 2.45) is 0 Å². The molecule has 0 fully saturated rings. The van der Waals surface area contributed by atoms with E-state index < -0.39 is 0 Å². The number of hydrogen-bond donors (Lipinski definition) is 0. The predicted octanol–water partition coefficient (Wildman–Crippen LogP) is 9.06. The minimum Gasteiger partial charge on any atom is -0.159 e. The molecule has 0 spiro atoms. The maximum atomic E-state index is 4.37. The smallest absolute Gasteiger partial charge is 0.0935 e. The van der Waals surface area contributed by atoms with Crippen LogP contribution in [0.2, 0.25) is 0 Å². The Labute approximate surface area is 207 Å². The fraction of sp³-hybridized carbons (Fsp3) is 0. The second-order valence-corrected chi connectivity index (χ2v) is 9.59. The minimum absolute atomic E-state index is 0.896. The van der Waals surface area contributed by atoms with Crippen molar-refractivity contribution in [3.8, 4) is 11.3 Å². The molecule has 0 saturated heterocycles. The normalized spacial score (nSPS) is 11.9. The van der Waals surface area contributed by atoms with E-state index in [1.807, 2.05) is 12.1 Å². The van der Waals surface area contributed by atoms with E-state index in [-0.39, 0.29) is 0 Å². The van der Waals surface area contributed by atoms with Crippen LogP contribution in [0.4, 0.5) is 0 Å². The van der Waals surface area contributed by atoms with Gasteiger partial charge in [-0.05, 0) is 125 Å². The van der Waals surface area contributed by atoms with Gasteiger partial charge in [0.1, 0.15) is 0 Å².